The lowest BCUT2D eigenvalue weighted by atomic mass is 9.99. The van der Waals surface area contributed by atoms with Crippen LogP contribution in [0, 0.1) is 5.92 Å². The second-order valence-electron chi connectivity index (χ2n) is 5.13. The van der Waals surface area contributed by atoms with Crippen LogP contribution in [0.1, 0.15) is 33.6 Å². The van der Waals surface area contributed by atoms with E-state index in [2.05, 4.69) is 5.32 Å². The molecular formula is C13H24N2O4. The number of hydrogen-bond acceptors (Lipinski definition) is 3. The summed E-state index contributed by atoms with van der Waals surface area (Å²) in [4.78, 5) is 25.0. The standard InChI is InChI=1S/C13H24N2O4/c1-4-9(2)11(12(16)17)14-13(18)15-6-5-7-19-10(3)8-15/h9-11H,4-8H2,1-3H3,(H,14,18)(H,16,17)/t9-,10?,11-/m0/s1. The van der Waals surface area contributed by atoms with Crippen molar-refractivity contribution in [2.24, 2.45) is 5.92 Å². The van der Waals surface area contributed by atoms with Gasteiger partial charge < -0.3 is 20.1 Å². The zero-order valence-electron chi connectivity index (χ0n) is 11.9. The molecule has 0 aromatic carbocycles. The molecule has 1 rings (SSSR count). The van der Waals surface area contributed by atoms with Gasteiger partial charge in [-0.15, -0.1) is 0 Å². The number of nitrogens with one attached hydrogen (secondary N) is 1. The van der Waals surface area contributed by atoms with E-state index >= 15 is 0 Å². The van der Waals surface area contributed by atoms with Gasteiger partial charge in [-0.25, -0.2) is 9.59 Å². The van der Waals surface area contributed by atoms with E-state index in [1.165, 1.54) is 0 Å². The third-order valence-corrected chi connectivity index (χ3v) is 3.50. The smallest absolute Gasteiger partial charge is 0.326 e. The molecule has 110 valence electrons. The van der Waals surface area contributed by atoms with Crippen molar-refractivity contribution in [1.29, 1.82) is 0 Å². The molecule has 0 radical (unpaired) electrons. The topological polar surface area (TPSA) is 78.9 Å². The SMILES string of the molecule is CC[C@H](C)[C@H](NC(=O)N1CCCOC(C)C1)C(=O)O. The summed E-state index contributed by atoms with van der Waals surface area (Å²) in [5.41, 5.74) is 0. The van der Waals surface area contributed by atoms with Gasteiger partial charge in [0, 0.05) is 19.7 Å². The van der Waals surface area contributed by atoms with Crippen molar-refractivity contribution in [3.8, 4) is 0 Å². The zero-order valence-corrected chi connectivity index (χ0v) is 11.9. The minimum atomic E-state index is -0.984. The molecule has 0 spiro atoms. The zero-order chi connectivity index (χ0) is 14.4. The minimum absolute atomic E-state index is 0.0138. The number of hydrogen-bond donors (Lipinski definition) is 2. The van der Waals surface area contributed by atoms with E-state index in [1.807, 2.05) is 20.8 Å². The van der Waals surface area contributed by atoms with Crippen LogP contribution in [-0.4, -0.2) is 53.8 Å². The number of carboxylic acids is 1. The van der Waals surface area contributed by atoms with E-state index in [1.54, 1.807) is 4.90 Å². The number of ether oxygens (including phenoxy) is 1. The molecule has 2 N–H and O–H groups in total. The number of carboxylic acid groups (broad SMARTS) is 1. The molecule has 0 aliphatic carbocycles. The van der Waals surface area contributed by atoms with E-state index in [9.17, 15) is 14.7 Å². The maximum absolute atomic E-state index is 12.1. The molecule has 0 bridgehead atoms. The highest BCUT2D eigenvalue weighted by atomic mass is 16.5. The molecule has 1 unspecified atom stereocenters. The van der Waals surface area contributed by atoms with Crippen LogP contribution < -0.4 is 5.32 Å². The van der Waals surface area contributed by atoms with Gasteiger partial charge in [0.15, 0.2) is 0 Å². The highest BCUT2D eigenvalue weighted by molar-refractivity contribution is 5.82. The highest BCUT2D eigenvalue weighted by Gasteiger charge is 2.28. The fourth-order valence-corrected chi connectivity index (χ4v) is 2.09. The first-order valence-corrected chi connectivity index (χ1v) is 6.85. The number of rotatable bonds is 4. The lowest BCUT2D eigenvalue weighted by Gasteiger charge is -2.26. The lowest BCUT2D eigenvalue weighted by molar-refractivity contribution is -0.140. The molecule has 2 amide bonds. The summed E-state index contributed by atoms with van der Waals surface area (Å²) in [5, 5.41) is 11.8. The Balaban J connectivity index is 2.62. The van der Waals surface area contributed by atoms with Crippen LogP contribution in [0.3, 0.4) is 0 Å². The fraction of sp³-hybridized carbons (Fsp3) is 0.846. The summed E-state index contributed by atoms with van der Waals surface area (Å²) in [7, 11) is 0. The Bertz CT molecular complexity index is 322. The maximum Gasteiger partial charge on any atom is 0.326 e. The molecule has 1 aliphatic heterocycles. The summed E-state index contributed by atoms with van der Waals surface area (Å²) in [6, 6.07) is -1.15. The molecule has 1 aliphatic rings. The third kappa shape index (κ3) is 4.70. The van der Waals surface area contributed by atoms with Crippen molar-refractivity contribution in [2.45, 2.75) is 45.8 Å². The lowest BCUT2D eigenvalue weighted by Crippen LogP contribution is -2.51. The normalized spacial score (nSPS) is 23.3. The van der Waals surface area contributed by atoms with Crippen LogP contribution >= 0.6 is 0 Å². The third-order valence-electron chi connectivity index (χ3n) is 3.50. The summed E-state index contributed by atoms with van der Waals surface area (Å²) in [6.07, 6.45) is 1.47. The van der Waals surface area contributed by atoms with Crippen LogP contribution in [0.25, 0.3) is 0 Å². The average molecular weight is 272 g/mol. The van der Waals surface area contributed by atoms with Crippen LogP contribution in [0.5, 0.6) is 0 Å². The van der Waals surface area contributed by atoms with Crippen molar-refractivity contribution in [2.75, 3.05) is 19.7 Å². The molecule has 3 atom stereocenters. The van der Waals surface area contributed by atoms with Gasteiger partial charge in [-0.1, -0.05) is 20.3 Å². The fourth-order valence-electron chi connectivity index (χ4n) is 2.09. The van der Waals surface area contributed by atoms with Crippen molar-refractivity contribution in [3.05, 3.63) is 0 Å². The molecule has 1 fully saturated rings. The van der Waals surface area contributed by atoms with Gasteiger partial charge in [0.2, 0.25) is 0 Å². The molecule has 1 saturated heterocycles. The van der Waals surface area contributed by atoms with Crippen LogP contribution in [0.2, 0.25) is 0 Å². The predicted octanol–water partition coefficient (Wildman–Crippen LogP) is 1.31. The van der Waals surface area contributed by atoms with Gasteiger partial charge >= 0.3 is 12.0 Å². The number of amides is 2. The molecule has 0 aromatic rings. The number of carbonyl (C=O) groups is 2. The van der Waals surface area contributed by atoms with Crippen molar-refractivity contribution >= 4 is 12.0 Å². The Morgan fingerprint density at radius 1 is 1.53 bits per heavy atom. The largest absolute Gasteiger partial charge is 0.480 e. The maximum atomic E-state index is 12.1. The van der Waals surface area contributed by atoms with Crippen molar-refractivity contribution < 1.29 is 19.4 Å². The minimum Gasteiger partial charge on any atom is -0.480 e. The Hall–Kier alpha value is -1.30. The molecule has 0 saturated carbocycles. The van der Waals surface area contributed by atoms with Gasteiger partial charge in [0.25, 0.3) is 0 Å². The first kappa shape index (κ1) is 15.8. The van der Waals surface area contributed by atoms with Gasteiger partial charge in [-0.05, 0) is 19.3 Å². The Morgan fingerprint density at radius 3 is 2.79 bits per heavy atom. The van der Waals surface area contributed by atoms with E-state index in [-0.39, 0.29) is 18.1 Å². The molecular weight excluding hydrogens is 248 g/mol. The summed E-state index contributed by atoms with van der Waals surface area (Å²) >= 11 is 0. The second kappa shape index (κ2) is 7.33. The van der Waals surface area contributed by atoms with Gasteiger partial charge in [0.05, 0.1) is 6.10 Å². The average Bonchev–Trinajstić information content (AvgIpc) is 2.59. The van der Waals surface area contributed by atoms with Crippen LogP contribution in [0.15, 0.2) is 0 Å². The van der Waals surface area contributed by atoms with Gasteiger partial charge in [-0.2, -0.15) is 0 Å². The van der Waals surface area contributed by atoms with E-state index in [0.717, 1.165) is 6.42 Å². The Labute approximate surface area is 114 Å². The first-order valence-electron chi connectivity index (χ1n) is 6.85. The van der Waals surface area contributed by atoms with Gasteiger partial charge in [-0.3, -0.25) is 0 Å². The van der Waals surface area contributed by atoms with E-state index in [0.29, 0.717) is 26.1 Å². The Kier molecular flexibility index (Phi) is 6.08. The van der Waals surface area contributed by atoms with Gasteiger partial charge in [0.1, 0.15) is 6.04 Å². The number of urea groups is 1. The molecule has 19 heavy (non-hydrogen) atoms. The molecule has 0 aromatic heterocycles. The van der Waals surface area contributed by atoms with E-state index in [4.69, 9.17) is 4.74 Å². The number of carbonyl (C=O) groups excluding carboxylic acids is 1. The molecule has 1 heterocycles. The second-order valence-corrected chi connectivity index (χ2v) is 5.13. The monoisotopic (exact) mass is 272 g/mol. The molecule has 6 nitrogen and oxygen atoms in total. The van der Waals surface area contributed by atoms with Crippen molar-refractivity contribution in [1.82, 2.24) is 10.2 Å². The summed E-state index contributed by atoms with van der Waals surface area (Å²) in [6.45, 7) is 7.39. The quantitative estimate of drug-likeness (QED) is 0.808. The summed E-state index contributed by atoms with van der Waals surface area (Å²) < 4.78 is 5.47. The summed E-state index contributed by atoms with van der Waals surface area (Å²) in [5.74, 6) is -1.08. The highest BCUT2D eigenvalue weighted by Crippen LogP contribution is 2.10. The van der Waals surface area contributed by atoms with Crippen LogP contribution in [-0.2, 0) is 9.53 Å². The Morgan fingerprint density at radius 2 is 2.21 bits per heavy atom. The van der Waals surface area contributed by atoms with Crippen molar-refractivity contribution in [3.63, 3.8) is 0 Å². The predicted molar refractivity (Wildman–Crippen MR) is 71.0 cm³/mol. The number of nitrogens with zero attached hydrogens (tertiary/aromatic N) is 1. The molecule has 6 heteroatoms. The van der Waals surface area contributed by atoms with E-state index < -0.39 is 12.0 Å². The van der Waals surface area contributed by atoms with Crippen LogP contribution in [0.4, 0.5) is 4.79 Å². The first-order chi connectivity index (χ1) is 8.95. The number of aliphatic carboxylic acids is 1.